The molecule has 0 spiro atoms. The normalized spacial score (nSPS) is 28.9. The van der Waals surface area contributed by atoms with Gasteiger partial charge in [-0.3, -0.25) is 4.68 Å². The number of aliphatic hydroxyl groups is 1. The monoisotopic (exact) mass is 226 g/mol. The van der Waals surface area contributed by atoms with Crippen molar-refractivity contribution in [1.82, 2.24) is 9.78 Å². The van der Waals surface area contributed by atoms with Gasteiger partial charge in [-0.2, -0.15) is 5.10 Å². The largest absolute Gasteiger partial charge is 0.493 e. The SMILES string of the molecule is CCOC1CC(O)(c2c(OC)cnn2C)C1. The predicted molar refractivity (Wildman–Crippen MR) is 58.3 cm³/mol. The molecular weight excluding hydrogens is 208 g/mol. The lowest BCUT2D eigenvalue weighted by atomic mass is 9.75. The van der Waals surface area contributed by atoms with Crippen molar-refractivity contribution in [3.05, 3.63) is 11.9 Å². The highest BCUT2D eigenvalue weighted by molar-refractivity contribution is 5.33. The van der Waals surface area contributed by atoms with E-state index in [2.05, 4.69) is 5.10 Å². The van der Waals surface area contributed by atoms with Gasteiger partial charge >= 0.3 is 0 Å². The smallest absolute Gasteiger partial charge is 0.162 e. The van der Waals surface area contributed by atoms with E-state index >= 15 is 0 Å². The molecule has 0 amide bonds. The van der Waals surface area contributed by atoms with E-state index in [0.29, 0.717) is 25.2 Å². The van der Waals surface area contributed by atoms with Crippen molar-refractivity contribution in [2.45, 2.75) is 31.5 Å². The van der Waals surface area contributed by atoms with Crippen LogP contribution < -0.4 is 4.74 Å². The Morgan fingerprint density at radius 3 is 2.88 bits per heavy atom. The molecular formula is C11H18N2O3. The lowest BCUT2D eigenvalue weighted by Gasteiger charge is -2.43. The van der Waals surface area contributed by atoms with Crippen molar-refractivity contribution in [1.29, 1.82) is 0 Å². The lowest BCUT2D eigenvalue weighted by Crippen LogP contribution is -2.47. The average molecular weight is 226 g/mol. The number of nitrogens with zero attached hydrogens (tertiary/aromatic N) is 2. The summed E-state index contributed by atoms with van der Waals surface area (Å²) in [5.41, 5.74) is -0.109. The zero-order valence-corrected chi connectivity index (χ0v) is 9.93. The van der Waals surface area contributed by atoms with Crippen LogP contribution in [0.3, 0.4) is 0 Å². The molecule has 0 saturated heterocycles. The molecule has 2 rings (SSSR count). The molecule has 1 aliphatic rings. The van der Waals surface area contributed by atoms with Crippen LogP contribution in [0.2, 0.25) is 0 Å². The van der Waals surface area contributed by atoms with Crippen molar-refractivity contribution < 1.29 is 14.6 Å². The fourth-order valence-corrected chi connectivity index (χ4v) is 2.34. The molecule has 0 aliphatic heterocycles. The Kier molecular flexibility index (Phi) is 2.90. The van der Waals surface area contributed by atoms with Gasteiger partial charge in [0.2, 0.25) is 0 Å². The summed E-state index contributed by atoms with van der Waals surface area (Å²) in [7, 11) is 3.40. The summed E-state index contributed by atoms with van der Waals surface area (Å²) in [6.07, 6.45) is 2.99. The van der Waals surface area contributed by atoms with Gasteiger partial charge in [0.1, 0.15) is 11.3 Å². The Morgan fingerprint density at radius 1 is 1.62 bits per heavy atom. The quantitative estimate of drug-likeness (QED) is 0.825. The minimum absolute atomic E-state index is 0.148. The van der Waals surface area contributed by atoms with E-state index < -0.39 is 5.60 Å². The Bertz CT molecular complexity index is 369. The number of rotatable bonds is 4. The van der Waals surface area contributed by atoms with Gasteiger partial charge in [0.15, 0.2) is 5.75 Å². The number of aromatic nitrogens is 2. The van der Waals surface area contributed by atoms with Gasteiger partial charge in [-0.25, -0.2) is 0 Å². The first-order chi connectivity index (χ1) is 7.60. The molecule has 16 heavy (non-hydrogen) atoms. The Balaban J connectivity index is 2.16. The van der Waals surface area contributed by atoms with Crippen LogP contribution >= 0.6 is 0 Å². The van der Waals surface area contributed by atoms with E-state index in [4.69, 9.17) is 9.47 Å². The summed E-state index contributed by atoms with van der Waals surface area (Å²) in [6.45, 7) is 2.64. The molecule has 1 fully saturated rings. The first-order valence-corrected chi connectivity index (χ1v) is 5.51. The maximum absolute atomic E-state index is 10.4. The van der Waals surface area contributed by atoms with Crippen LogP contribution in [-0.4, -0.2) is 34.7 Å². The summed E-state index contributed by atoms with van der Waals surface area (Å²) >= 11 is 0. The number of aryl methyl sites for hydroxylation is 1. The molecule has 0 atom stereocenters. The van der Waals surface area contributed by atoms with E-state index in [1.54, 1.807) is 18.0 Å². The van der Waals surface area contributed by atoms with Gasteiger partial charge in [0, 0.05) is 26.5 Å². The maximum atomic E-state index is 10.4. The zero-order chi connectivity index (χ0) is 11.8. The predicted octanol–water partition coefficient (Wildman–Crippen LogP) is 0.815. The molecule has 0 aromatic carbocycles. The third-order valence-electron chi connectivity index (χ3n) is 3.10. The van der Waals surface area contributed by atoms with Crippen molar-refractivity contribution in [2.75, 3.05) is 13.7 Å². The Morgan fingerprint density at radius 2 is 2.31 bits per heavy atom. The number of ether oxygens (including phenoxy) is 2. The highest BCUT2D eigenvalue weighted by atomic mass is 16.5. The van der Waals surface area contributed by atoms with Crippen LogP contribution in [0.15, 0.2) is 6.20 Å². The second kappa shape index (κ2) is 4.07. The van der Waals surface area contributed by atoms with E-state index in [-0.39, 0.29) is 6.10 Å². The van der Waals surface area contributed by atoms with E-state index in [0.717, 1.165) is 5.69 Å². The van der Waals surface area contributed by atoms with Crippen LogP contribution in [-0.2, 0) is 17.4 Å². The molecule has 5 heteroatoms. The number of methoxy groups -OCH3 is 1. The maximum Gasteiger partial charge on any atom is 0.162 e. The van der Waals surface area contributed by atoms with Crippen molar-refractivity contribution >= 4 is 0 Å². The summed E-state index contributed by atoms with van der Waals surface area (Å²) in [5.74, 6) is 0.639. The second-order valence-corrected chi connectivity index (χ2v) is 4.20. The van der Waals surface area contributed by atoms with E-state index in [1.807, 2.05) is 14.0 Å². The van der Waals surface area contributed by atoms with E-state index in [9.17, 15) is 5.11 Å². The third-order valence-corrected chi connectivity index (χ3v) is 3.10. The molecule has 0 radical (unpaired) electrons. The standard InChI is InChI=1S/C11H18N2O3/c1-4-16-8-5-11(14,6-8)10-9(15-3)7-12-13(10)2/h7-8,14H,4-6H2,1-3H3. The van der Waals surface area contributed by atoms with Crippen molar-refractivity contribution in [3.8, 4) is 5.75 Å². The Hall–Kier alpha value is -1.07. The summed E-state index contributed by atoms with van der Waals surface area (Å²) in [4.78, 5) is 0. The minimum Gasteiger partial charge on any atom is -0.493 e. The molecule has 0 unspecified atom stereocenters. The molecule has 1 aliphatic carbocycles. The fourth-order valence-electron chi connectivity index (χ4n) is 2.34. The van der Waals surface area contributed by atoms with Crippen molar-refractivity contribution in [2.24, 2.45) is 7.05 Å². The molecule has 5 nitrogen and oxygen atoms in total. The topological polar surface area (TPSA) is 56.5 Å². The van der Waals surface area contributed by atoms with Crippen LogP contribution in [0.4, 0.5) is 0 Å². The summed E-state index contributed by atoms with van der Waals surface area (Å²) in [5, 5.41) is 14.5. The van der Waals surface area contributed by atoms with Gasteiger partial charge in [0.05, 0.1) is 19.4 Å². The average Bonchev–Trinajstić information content (AvgIpc) is 2.57. The van der Waals surface area contributed by atoms with Gasteiger partial charge in [-0.15, -0.1) is 0 Å². The van der Waals surface area contributed by atoms with Crippen LogP contribution in [0.1, 0.15) is 25.5 Å². The van der Waals surface area contributed by atoms with Crippen molar-refractivity contribution in [3.63, 3.8) is 0 Å². The summed E-state index contributed by atoms with van der Waals surface area (Å²) in [6, 6.07) is 0. The van der Waals surface area contributed by atoms with E-state index in [1.165, 1.54) is 0 Å². The van der Waals surface area contributed by atoms with Crippen LogP contribution in [0.5, 0.6) is 5.75 Å². The fraction of sp³-hybridized carbons (Fsp3) is 0.727. The molecule has 0 bridgehead atoms. The van der Waals surface area contributed by atoms with Crippen LogP contribution in [0, 0.1) is 0 Å². The van der Waals surface area contributed by atoms with Gasteiger partial charge in [-0.1, -0.05) is 0 Å². The first-order valence-electron chi connectivity index (χ1n) is 5.51. The van der Waals surface area contributed by atoms with Gasteiger partial charge < -0.3 is 14.6 Å². The minimum atomic E-state index is -0.851. The molecule has 1 N–H and O–H groups in total. The molecule has 1 aromatic heterocycles. The highest BCUT2D eigenvalue weighted by Crippen LogP contribution is 2.45. The highest BCUT2D eigenvalue weighted by Gasteiger charge is 2.48. The molecule has 1 aromatic rings. The molecule has 1 heterocycles. The second-order valence-electron chi connectivity index (χ2n) is 4.20. The summed E-state index contributed by atoms with van der Waals surface area (Å²) < 4.78 is 12.3. The lowest BCUT2D eigenvalue weighted by molar-refractivity contribution is -0.147. The van der Waals surface area contributed by atoms with Gasteiger partial charge in [0.25, 0.3) is 0 Å². The number of hydrogen-bond acceptors (Lipinski definition) is 4. The Labute approximate surface area is 95.0 Å². The molecule has 1 saturated carbocycles. The zero-order valence-electron chi connectivity index (χ0n) is 9.93. The number of hydrogen-bond donors (Lipinski definition) is 1. The first kappa shape index (κ1) is 11.4. The molecule has 90 valence electrons. The third kappa shape index (κ3) is 1.70. The van der Waals surface area contributed by atoms with Gasteiger partial charge in [-0.05, 0) is 6.92 Å². The van der Waals surface area contributed by atoms with Crippen LogP contribution in [0.25, 0.3) is 0 Å².